The van der Waals surface area contributed by atoms with Crippen molar-refractivity contribution in [3.63, 3.8) is 0 Å². The van der Waals surface area contributed by atoms with E-state index in [0.717, 1.165) is 54.9 Å². The Bertz CT molecular complexity index is 896. The van der Waals surface area contributed by atoms with Gasteiger partial charge in [-0.3, -0.25) is 4.79 Å². The molecule has 0 saturated heterocycles. The fraction of sp³-hybridized carbons (Fsp3) is 0.520. The molecule has 1 aliphatic carbocycles. The Morgan fingerprint density at radius 2 is 1.91 bits per heavy atom. The number of hydrogen-bond donors (Lipinski definition) is 3. The summed E-state index contributed by atoms with van der Waals surface area (Å²) in [6.45, 7) is 7.26. The number of nitrogens with one attached hydrogen (secondary N) is 1. The van der Waals surface area contributed by atoms with E-state index in [2.05, 4.69) is 41.2 Å². The summed E-state index contributed by atoms with van der Waals surface area (Å²) in [5.41, 5.74) is 3.81. The van der Waals surface area contributed by atoms with Gasteiger partial charge in [0.25, 0.3) is 0 Å². The molecule has 6 nitrogen and oxygen atoms in total. The lowest BCUT2D eigenvalue weighted by Gasteiger charge is -2.39. The second-order valence-electron chi connectivity index (χ2n) is 9.28. The minimum Gasteiger partial charge on any atom is -0.481 e. The predicted octanol–water partition coefficient (Wildman–Crippen LogP) is 5.82. The van der Waals surface area contributed by atoms with Crippen LogP contribution in [0.3, 0.4) is 0 Å². The normalized spacial score (nSPS) is 19.6. The summed E-state index contributed by atoms with van der Waals surface area (Å²) in [4.78, 5) is 17.9. The second kappa shape index (κ2) is 11.0. The summed E-state index contributed by atoms with van der Waals surface area (Å²) in [5.74, 6) is -0.438. The molecule has 0 aliphatic heterocycles. The molecule has 3 rings (SSSR count). The smallest absolute Gasteiger partial charge is 0.303 e. The quantitative estimate of drug-likeness (QED) is 0.409. The van der Waals surface area contributed by atoms with Gasteiger partial charge in [0.15, 0.2) is 0 Å². The van der Waals surface area contributed by atoms with Gasteiger partial charge in [0.2, 0.25) is 0 Å². The molecule has 1 unspecified atom stereocenters. The minimum absolute atomic E-state index is 0.0809. The SMILES string of the molecule is CC(C)CN(c1ccc(C(C)CC(=O)O)cc1Nc1ccc(Cl)nc1)[C@H]1CC[C@H](O)CC1. The van der Waals surface area contributed by atoms with Crippen molar-refractivity contribution in [1.29, 1.82) is 0 Å². The van der Waals surface area contributed by atoms with E-state index in [1.54, 1.807) is 12.3 Å². The molecule has 0 spiro atoms. The topological polar surface area (TPSA) is 85.7 Å². The van der Waals surface area contributed by atoms with Gasteiger partial charge in [-0.2, -0.15) is 0 Å². The summed E-state index contributed by atoms with van der Waals surface area (Å²) in [6, 6.07) is 10.2. The van der Waals surface area contributed by atoms with Crippen LogP contribution in [0, 0.1) is 5.92 Å². The van der Waals surface area contributed by atoms with Crippen LogP contribution in [-0.2, 0) is 4.79 Å². The predicted molar refractivity (Wildman–Crippen MR) is 130 cm³/mol. The van der Waals surface area contributed by atoms with Crippen molar-refractivity contribution < 1.29 is 15.0 Å². The monoisotopic (exact) mass is 459 g/mol. The number of halogens is 1. The van der Waals surface area contributed by atoms with Gasteiger partial charge >= 0.3 is 5.97 Å². The van der Waals surface area contributed by atoms with Crippen molar-refractivity contribution in [2.75, 3.05) is 16.8 Å². The van der Waals surface area contributed by atoms with Crippen LogP contribution >= 0.6 is 11.6 Å². The molecule has 1 aliphatic rings. The average molecular weight is 460 g/mol. The lowest BCUT2D eigenvalue weighted by molar-refractivity contribution is -0.137. The first-order valence-electron chi connectivity index (χ1n) is 11.4. The van der Waals surface area contributed by atoms with E-state index in [4.69, 9.17) is 11.6 Å². The van der Waals surface area contributed by atoms with Gasteiger partial charge in [0.05, 0.1) is 35.8 Å². The van der Waals surface area contributed by atoms with Crippen LogP contribution < -0.4 is 10.2 Å². The Kier molecular flexibility index (Phi) is 8.38. The number of aromatic nitrogens is 1. The van der Waals surface area contributed by atoms with Gasteiger partial charge in [0, 0.05) is 12.6 Å². The van der Waals surface area contributed by atoms with Crippen LogP contribution in [0.2, 0.25) is 5.15 Å². The van der Waals surface area contributed by atoms with Crippen molar-refractivity contribution >= 4 is 34.6 Å². The van der Waals surface area contributed by atoms with Crippen LogP contribution in [0.1, 0.15) is 64.4 Å². The minimum atomic E-state index is -0.805. The van der Waals surface area contributed by atoms with Crippen molar-refractivity contribution in [2.24, 2.45) is 5.92 Å². The number of carboxylic acid groups (broad SMARTS) is 1. The summed E-state index contributed by atoms with van der Waals surface area (Å²) in [5, 5.41) is 23.2. The molecule has 0 bridgehead atoms. The number of carbonyl (C=O) groups is 1. The first-order valence-corrected chi connectivity index (χ1v) is 11.8. The van der Waals surface area contributed by atoms with Gasteiger partial charge in [0.1, 0.15) is 5.15 Å². The Balaban J connectivity index is 1.99. The molecule has 174 valence electrons. The van der Waals surface area contributed by atoms with Crippen LogP contribution in [0.4, 0.5) is 17.1 Å². The number of benzene rings is 1. The van der Waals surface area contributed by atoms with Crippen molar-refractivity contribution in [3.05, 3.63) is 47.2 Å². The van der Waals surface area contributed by atoms with Crippen molar-refractivity contribution in [3.8, 4) is 0 Å². The van der Waals surface area contributed by atoms with E-state index in [0.29, 0.717) is 17.1 Å². The highest BCUT2D eigenvalue weighted by Gasteiger charge is 2.27. The van der Waals surface area contributed by atoms with Gasteiger partial charge in [-0.25, -0.2) is 4.98 Å². The average Bonchev–Trinajstić information content (AvgIpc) is 2.74. The van der Waals surface area contributed by atoms with Crippen molar-refractivity contribution in [2.45, 2.75) is 70.9 Å². The van der Waals surface area contributed by atoms with Crippen LogP contribution in [0.15, 0.2) is 36.5 Å². The molecule has 1 aromatic carbocycles. The molecule has 1 fully saturated rings. The maximum atomic E-state index is 11.3. The highest BCUT2D eigenvalue weighted by molar-refractivity contribution is 6.29. The van der Waals surface area contributed by atoms with Gasteiger partial charge < -0.3 is 20.4 Å². The summed E-state index contributed by atoms with van der Waals surface area (Å²) < 4.78 is 0. The Morgan fingerprint density at radius 3 is 2.50 bits per heavy atom. The zero-order valence-electron chi connectivity index (χ0n) is 19.1. The number of carboxylic acids is 1. The van der Waals surface area contributed by atoms with Gasteiger partial charge in [-0.05, 0) is 67.3 Å². The lowest BCUT2D eigenvalue weighted by atomic mass is 9.90. The Hall–Kier alpha value is -2.31. The molecule has 1 heterocycles. The number of aliphatic carboxylic acids is 1. The molecule has 1 saturated carbocycles. The number of rotatable bonds is 9. The largest absolute Gasteiger partial charge is 0.481 e. The zero-order chi connectivity index (χ0) is 23.3. The maximum Gasteiger partial charge on any atom is 0.303 e. The molecule has 3 N–H and O–H groups in total. The highest BCUT2D eigenvalue weighted by Crippen LogP contribution is 2.37. The van der Waals surface area contributed by atoms with Crippen LogP contribution in [-0.4, -0.2) is 39.9 Å². The van der Waals surface area contributed by atoms with E-state index in [9.17, 15) is 15.0 Å². The Morgan fingerprint density at radius 1 is 1.19 bits per heavy atom. The first-order chi connectivity index (χ1) is 15.2. The van der Waals surface area contributed by atoms with Crippen molar-refractivity contribution in [1.82, 2.24) is 4.98 Å². The van der Waals surface area contributed by atoms with Gasteiger partial charge in [-0.15, -0.1) is 0 Å². The molecule has 32 heavy (non-hydrogen) atoms. The number of aliphatic hydroxyl groups excluding tert-OH is 1. The lowest BCUT2D eigenvalue weighted by Crippen LogP contribution is -2.41. The zero-order valence-corrected chi connectivity index (χ0v) is 19.8. The second-order valence-corrected chi connectivity index (χ2v) is 9.67. The number of hydrogen-bond acceptors (Lipinski definition) is 5. The first kappa shape index (κ1) is 24.3. The van der Waals surface area contributed by atoms with E-state index in [-0.39, 0.29) is 18.4 Å². The highest BCUT2D eigenvalue weighted by atomic mass is 35.5. The molecular weight excluding hydrogens is 426 g/mol. The van der Waals surface area contributed by atoms with E-state index in [1.807, 2.05) is 19.1 Å². The van der Waals surface area contributed by atoms with Crippen LogP contribution in [0.5, 0.6) is 0 Å². The number of anilines is 3. The molecule has 1 atom stereocenters. The molecular formula is C25H34ClN3O3. The number of nitrogens with zero attached hydrogens (tertiary/aromatic N) is 2. The molecule has 1 aromatic heterocycles. The molecule has 2 aromatic rings. The fourth-order valence-electron chi connectivity index (χ4n) is 4.40. The molecule has 0 amide bonds. The van der Waals surface area contributed by atoms with E-state index < -0.39 is 5.97 Å². The van der Waals surface area contributed by atoms with E-state index >= 15 is 0 Å². The van der Waals surface area contributed by atoms with E-state index in [1.165, 1.54) is 0 Å². The number of pyridine rings is 1. The summed E-state index contributed by atoms with van der Waals surface area (Å²) in [7, 11) is 0. The summed E-state index contributed by atoms with van der Waals surface area (Å²) >= 11 is 5.96. The third-order valence-corrected chi connectivity index (χ3v) is 6.28. The van der Waals surface area contributed by atoms with Gasteiger partial charge in [-0.1, -0.05) is 38.4 Å². The maximum absolute atomic E-state index is 11.3. The Labute approximate surface area is 195 Å². The third-order valence-electron chi connectivity index (χ3n) is 6.06. The molecule has 0 radical (unpaired) electrons. The third kappa shape index (κ3) is 6.59. The number of aliphatic hydroxyl groups is 1. The molecule has 7 heteroatoms. The van der Waals surface area contributed by atoms with Crippen LogP contribution in [0.25, 0.3) is 0 Å². The standard InChI is InChI=1S/C25H34ClN3O3/c1-16(2)15-29(20-6-8-21(30)9-7-20)23-10-4-18(17(3)12-25(31)32)13-22(23)28-19-5-11-24(26)27-14-19/h4-5,10-11,13-14,16-17,20-21,28,30H,6-9,12,15H2,1-3H3,(H,31,32)/t17?,20-,21-. The fourth-order valence-corrected chi connectivity index (χ4v) is 4.51. The summed E-state index contributed by atoms with van der Waals surface area (Å²) in [6.07, 6.45) is 5.11.